The predicted molar refractivity (Wildman–Crippen MR) is 96.2 cm³/mol. The molecule has 0 fully saturated rings. The van der Waals surface area contributed by atoms with Crippen molar-refractivity contribution in [1.82, 2.24) is 15.8 Å². The standard InChI is InChI=1S/C15H20N4O2.HI/c1-16-15(18-11-14-7-9-21-19-14)17-8-10-20-12-13-5-3-2-4-6-13;/h2-7,9H,8,10-12H2,1H3,(H2,16,17,18);1H. The minimum absolute atomic E-state index is 0. The summed E-state index contributed by atoms with van der Waals surface area (Å²) in [5.74, 6) is 0.710. The van der Waals surface area contributed by atoms with Crippen molar-refractivity contribution in [2.24, 2.45) is 4.99 Å². The number of ether oxygens (including phenoxy) is 1. The SMILES string of the molecule is CN=C(NCCOCc1ccccc1)NCc1ccon1.I. The maximum absolute atomic E-state index is 5.59. The highest BCUT2D eigenvalue weighted by molar-refractivity contribution is 14.0. The Morgan fingerprint density at radius 1 is 1.23 bits per heavy atom. The molecule has 0 aliphatic carbocycles. The van der Waals surface area contributed by atoms with E-state index < -0.39 is 0 Å². The Bertz CT molecular complexity index is 532. The fourth-order valence-electron chi connectivity index (χ4n) is 1.73. The molecule has 22 heavy (non-hydrogen) atoms. The van der Waals surface area contributed by atoms with Crippen molar-refractivity contribution < 1.29 is 9.26 Å². The van der Waals surface area contributed by atoms with Crippen LogP contribution in [0.15, 0.2) is 52.2 Å². The summed E-state index contributed by atoms with van der Waals surface area (Å²) in [6.07, 6.45) is 1.55. The van der Waals surface area contributed by atoms with Crippen molar-refractivity contribution in [2.45, 2.75) is 13.2 Å². The Kier molecular flexibility index (Phi) is 9.24. The molecule has 0 aliphatic heterocycles. The zero-order valence-corrected chi connectivity index (χ0v) is 14.8. The van der Waals surface area contributed by atoms with E-state index >= 15 is 0 Å². The minimum Gasteiger partial charge on any atom is -0.375 e. The van der Waals surface area contributed by atoms with Crippen LogP contribution in [0.1, 0.15) is 11.3 Å². The van der Waals surface area contributed by atoms with Crippen LogP contribution in [0.5, 0.6) is 0 Å². The molecule has 1 heterocycles. The quantitative estimate of drug-likeness (QED) is 0.313. The van der Waals surface area contributed by atoms with Crippen LogP contribution in [0.25, 0.3) is 0 Å². The van der Waals surface area contributed by atoms with E-state index in [4.69, 9.17) is 9.26 Å². The van der Waals surface area contributed by atoms with Gasteiger partial charge in [-0.25, -0.2) is 0 Å². The molecule has 1 aromatic carbocycles. The van der Waals surface area contributed by atoms with Crippen LogP contribution in [0.2, 0.25) is 0 Å². The highest BCUT2D eigenvalue weighted by Crippen LogP contribution is 1.99. The molecule has 0 spiro atoms. The molecule has 0 unspecified atom stereocenters. The first-order chi connectivity index (χ1) is 10.4. The van der Waals surface area contributed by atoms with Gasteiger partial charge in [-0.3, -0.25) is 4.99 Å². The fraction of sp³-hybridized carbons (Fsp3) is 0.333. The Morgan fingerprint density at radius 3 is 2.73 bits per heavy atom. The lowest BCUT2D eigenvalue weighted by Crippen LogP contribution is -2.38. The van der Waals surface area contributed by atoms with Gasteiger partial charge in [-0.15, -0.1) is 24.0 Å². The average molecular weight is 416 g/mol. The summed E-state index contributed by atoms with van der Waals surface area (Å²) in [6.45, 7) is 2.49. The van der Waals surface area contributed by atoms with Gasteiger partial charge in [0, 0.05) is 19.7 Å². The van der Waals surface area contributed by atoms with E-state index in [-0.39, 0.29) is 24.0 Å². The monoisotopic (exact) mass is 416 g/mol. The van der Waals surface area contributed by atoms with Crippen molar-refractivity contribution in [2.75, 3.05) is 20.2 Å². The minimum atomic E-state index is 0. The van der Waals surface area contributed by atoms with Crippen LogP contribution < -0.4 is 10.6 Å². The molecule has 0 saturated carbocycles. The van der Waals surface area contributed by atoms with Gasteiger partial charge in [0.15, 0.2) is 5.96 Å². The number of benzene rings is 1. The lowest BCUT2D eigenvalue weighted by Gasteiger charge is -2.11. The lowest BCUT2D eigenvalue weighted by molar-refractivity contribution is 0.125. The fourth-order valence-corrected chi connectivity index (χ4v) is 1.73. The zero-order valence-electron chi connectivity index (χ0n) is 12.5. The predicted octanol–water partition coefficient (Wildman–Crippen LogP) is 2.17. The van der Waals surface area contributed by atoms with Crippen LogP contribution in [0.3, 0.4) is 0 Å². The van der Waals surface area contributed by atoms with Gasteiger partial charge in [-0.1, -0.05) is 35.5 Å². The van der Waals surface area contributed by atoms with Crippen LogP contribution in [-0.4, -0.2) is 31.3 Å². The van der Waals surface area contributed by atoms with Crippen molar-refractivity contribution in [3.8, 4) is 0 Å². The number of halogens is 1. The highest BCUT2D eigenvalue weighted by atomic mass is 127. The largest absolute Gasteiger partial charge is 0.375 e. The number of nitrogens with zero attached hydrogens (tertiary/aromatic N) is 2. The topological polar surface area (TPSA) is 71.7 Å². The molecular weight excluding hydrogens is 395 g/mol. The van der Waals surface area contributed by atoms with E-state index in [1.54, 1.807) is 13.3 Å². The number of aliphatic imine (C=N–C) groups is 1. The third-order valence-electron chi connectivity index (χ3n) is 2.80. The molecule has 2 N–H and O–H groups in total. The molecule has 0 atom stereocenters. The molecular formula is C15H21IN4O2. The van der Waals surface area contributed by atoms with Crippen molar-refractivity contribution in [3.63, 3.8) is 0 Å². The van der Waals surface area contributed by atoms with Crippen molar-refractivity contribution in [1.29, 1.82) is 0 Å². The molecule has 6 nitrogen and oxygen atoms in total. The van der Waals surface area contributed by atoms with Gasteiger partial charge in [-0.2, -0.15) is 0 Å². The summed E-state index contributed by atoms with van der Waals surface area (Å²) in [4.78, 5) is 4.12. The van der Waals surface area contributed by atoms with Gasteiger partial charge in [0.1, 0.15) is 12.0 Å². The van der Waals surface area contributed by atoms with E-state index in [1.807, 2.05) is 36.4 Å². The van der Waals surface area contributed by atoms with Crippen molar-refractivity contribution in [3.05, 3.63) is 53.9 Å². The molecule has 120 valence electrons. The Morgan fingerprint density at radius 2 is 2.05 bits per heavy atom. The normalized spacial score (nSPS) is 10.9. The second-order valence-electron chi connectivity index (χ2n) is 4.38. The van der Waals surface area contributed by atoms with Crippen molar-refractivity contribution >= 4 is 29.9 Å². The van der Waals surface area contributed by atoms with E-state index in [9.17, 15) is 0 Å². The third-order valence-corrected chi connectivity index (χ3v) is 2.80. The molecule has 0 bridgehead atoms. The van der Waals surface area contributed by atoms with Gasteiger partial charge < -0.3 is 19.9 Å². The Labute approximate surface area is 147 Å². The average Bonchev–Trinajstić information content (AvgIpc) is 3.04. The van der Waals surface area contributed by atoms with Crippen LogP contribution >= 0.6 is 24.0 Å². The first-order valence-electron chi connectivity index (χ1n) is 6.84. The molecule has 0 radical (unpaired) electrons. The first kappa shape index (κ1) is 18.4. The van der Waals surface area contributed by atoms with E-state index in [1.165, 1.54) is 5.56 Å². The number of rotatable bonds is 7. The second kappa shape index (κ2) is 11.0. The second-order valence-corrected chi connectivity index (χ2v) is 4.38. The van der Waals surface area contributed by atoms with Crippen LogP contribution in [-0.2, 0) is 17.9 Å². The lowest BCUT2D eigenvalue weighted by atomic mass is 10.2. The molecule has 0 aliphatic rings. The highest BCUT2D eigenvalue weighted by Gasteiger charge is 2.00. The number of hydrogen-bond donors (Lipinski definition) is 2. The van der Waals surface area contributed by atoms with E-state index in [0.29, 0.717) is 32.3 Å². The van der Waals surface area contributed by atoms with Crippen LogP contribution in [0, 0.1) is 0 Å². The first-order valence-corrected chi connectivity index (χ1v) is 6.84. The summed E-state index contributed by atoms with van der Waals surface area (Å²) >= 11 is 0. The number of hydrogen-bond acceptors (Lipinski definition) is 4. The van der Waals surface area contributed by atoms with Gasteiger partial charge in [0.05, 0.1) is 19.8 Å². The third kappa shape index (κ3) is 6.90. The van der Waals surface area contributed by atoms with Crippen LogP contribution in [0.4, 0.5) is 0 Å². The molecule has 7 heteroatoms. The van der Waals surface area contributed by atoms with E-state index in [0.717, 1.165) is 5.69 Å². The summed E-state index contributed by atoms with van der Waals surface area (Å²) in [7, 11) is 1.73. The maximum atomic E-state index is 5.59. The molecule has 2 rings (SSSR count). The van der Waals surface area contributed by atoms with Gasteiger partial charge in [0.2, 0.25) is 0 Å². The maximum Gasteiger partial charge on any atom is 0.191 e. The van der Waals surface area contributed by atoms with E-state index in [2.05, 4.69) is 20.8 Å². The number of guanidine groups is 1. The Balaban J connectivity index is 0.00000242. The summed E-state index contributed by atoms with van der Waals surface area (Å²) in [5.41, 5.74) is 2.00. The Hall–Kier alpha value is -1.61. The molecule has 0 saturated heterocycles. The van der Waals surface area contributed by atoms with Gasteiger partial charge in [0.25, 0.3) is 0 Å². The summed E-state index contributed by atoms with van der Waals surface area (Å²) < 4.78 is 10.4. The van der Waals surface area contributed by atoms with Gasteiger partial charge in [-0.05, 0) is 5.56 Å². The number of aromatic nitrogens is 1. The van der Waals surface area contributed by atoms with Gasteiger partial charge >= 0.3 is 0 Å². The molecule has 0 amide bonds. The summed E-state index contributed by atoms with van der Waals surface area (Å²) in [5, 5.41) is 10.1. The molecule has 1 aromatic heterocycles. The zero-order chi connectivity index (χ0) is 14.8. The number of nitrogens with one attached hydrogen (secondary N) is 2. The summed E-state index contributed by atoms with van der Waals surface area (Å²) in [6, 6.07) is 11.9. The smallest absolute Gasteiger partial charge is 0.191 e. The molecule has 2 aromatic rings.